The van der Waals surface area contributed by atoms with Crippen LogP contribution in [0, 0.1) is 13.8 Å². The first-order chi connectivity index (χ1) is 16.5. The first-order valence-electron chi connectivity index (χ1n) is 11.5. The van der Waals surface area contributed by atoms with Gasteiger partial charge >= 0.3 is 6.09 Å². The van der Waals surface area contributed by atoms with E-state index in [1.165, 1.54) is 10.5 Å². The molecule has 190 valence electrons. The molecule has 0 saturated carbocycles. The Morgan fingerprint density at radius 3 is 2.37 bits per heavy atom. The molecule has 2 aromatic carbocycles. The van der Waals surface area contributed by atoms with Gasteiger partial charge in [0.2, 0.25) is 0 Å². The Morgan fingerprint density at radius 1 is 1.09 bits per heavy atom. The van der Waals surface area contributed by atoms with Crippen molar-refractivity contribution in [3.63, 3.8) is 0 Å². The minimum Gasteiger partial charge on any atom is -0.441 e. The Kier molecular flexibility index (Phi) is 7.48. The molecule has 4 rings (SSSR count). The average Bonchev–Trinajstić information content (AvgIpc) is 3.14. The number of nitrogens with zero attached hydrogens (tertiary/aromatic N) is 2. The lowest BCUT2D eigenvalue weighted by Gasteiger charge is -2.49. The smallest absolute Gasteiger partial charge is 0.414 e. The van der Waals surface area contributed by atoms with E-state index in [1.54, 1.807) is 0 Å². The molecule has 10 heteroatoms. The van der Waals surface area contributed by atoms with Gasteiger partial charge in [-0.15, -0.1) is 0 Å². The summed E-state index contributed by atoms with van der Waals surface area (Å²) in [4.78, 5) is 26.9. The lowest BCUT2D eigenvalue weighted by atomic mass is 9.72. The molecule has 0 N–H and O–H groups in total. The summed E-state index contributed by atoms with van der Waals surface area (Å²) in [5.74, 6) is 0. The van der Waals surface area contributed by atoms with Crippen molar-refractivity contribution >= 4 is 21.9 Å². The molecular weight excluding hydrogens is 472 g/mol. The summed E-state index contributed by atoms with van der Waals surface area (Å²) in [5, 5.41) is 0. The van der Waals surface area contributed by atoms with E-state index in [4.69, 9.17) is 18.7 Å². The first-order valence-corrected chi connectivity index (χ1v) is 13.3. The third-order valence-electron chi connectivity index (χ3n) is 6.31. The van der Waals surface area contributed by atoms with Crippen LogP contribution in [0.1, 0.15) is 29.2 Å². The van der Waals surface area contributed by atoms with Gasteiger partial charge in [0.25, 0.3) is 10.1 Å². The van der Waals surface area contributed by atoms with Crippen molar-refractivity contribution in [2.45, 2.75) is 38.9 Å². The summed E-state index contributed by atoms with van der Waals surface area (Å²) in [5.41, 5.74) is 5.19. The molecule has 0 aliphatic carbocycles. The van der Waals surface area contributed by atoms with Crippen LogP contribution in [0.3, 0.4) is 0 Å². The maximum Gasteiger partial charge on any atom is 0.414 e. The quantitative estimate of drug-likeness (QED) is 0.211. The Balaban J connectivity index is 1.33. The van der Waals surface area contributed by atoms with Crippen LogP contribution < -0.4 is 4.90 Å². The minimum atomic E-state index is -3.60. The summed E-state index contributed by atoms with van der Waals surface area (Å²) in [6, 6.07) is 13.8. The highest BCUT2D eigenvalue weighted by atomic mass is 32.2. The van der Waals surface area contributed by atoms with Gasteiger partial charge < -0.3 is 4.74 Å². The van der Waals surface area contributed by atoms with Crippen molar-refractivity contribution in [2.75, 3.05) is 44.1 Å². The van der Waals surface area contributed by atoms with Gasteiger partial charge in [-0.1, -0.05) is 37.3 Å². The summed E-state index contributed by atoms with van der Waals surface area (Å²) in [6.07, 6.45) is -0.175. The number of benzene rings is 2. The van der Waals surface area contributed by atoms with Crippen molar-refractivity contribution in [1.82, 2.24) is 4.90 Å². The Labute approximate surface area is 206 Å². The van der Waals surface area contributed by atoms with Crippen molar-refractivity contribution in [2.24, 2.45) is 0 Å². The molecule has 35 heavy (non-hydrogen) atoms. The zero-order valence-electron chi connectivity index (χ0n) is 20.5. The predicted molar refractivity (Wildman–Crippen MR) is 130 cm³/mol. The fourth-order valence-electron chi connectivity index (χ4n) is 5.05. The van der Waals surface area contributed by atoms with Gasteiger partial charge in [-0.2, -0.15) is 8.42 Å². The van der Waals surface area contributed by atoms with Crippen LogP contribution in [0.4, 0.5) is 10.5 Å². The number of rotatable bonds is 10. The maximum atomic E-state index is 12.4. The first kappa shape index (κ1) is 25.6. The summed E-state index contributed by atoms with van der Waals surface area (Å²) >= 11 is 0. The van der Waals surface area contributed by atoms with Crippen molar-refractivity contribution in [3.05, 3.63) is 64.7 Å². The molecular formula is C25H32N2O7S. The number of ether oxygens (including phenoxy) is 1. The summed E-state index contributed by atoms with van der Waals surface area (Å²) in [6.45, 7) is 8.83. The van der Waals surface area contributed by atoms with E-state index in [0.29, 0.717) is 13.3 Å². The van der Waals surface area contributed by atoms with Gasteiger partial charge in [0, 0.05) is 24.2 Å². The third kappa shape index (κ3) is 6.20. The molecule has 2 aliphatic heterocycles. The van der Waals surface area contributed by atoms with E-state index in [9.17, 15) is 13.2 Å². The standard InChI is InChI=1S/C25H32N2O7S/c1-18-10-21(27-12-22(34-24(27)28)14-33-35(4,29)30)11-19(2)23(18)25(3)15-26(16-25)17-32-31-13-20-8-6-5-7-9-20/h5-11,22H,12-17H2,1-4H3/t22-/m1/s1. The minimum absolute atomic E-state index is 0.0349. The molecule has 0 aromatic heterocycles. The fraction of sp³-hybridized carbons (Fsp3) is 0.480. The van der Waals surface area contributed by atoms with E-state index >= 15 is 0 Å². The normalized spacial score (nSPS) is 20.1. The number of likely N-dealkylation sites (tertiary alicyclic amines) is 1. The van der Waals surface area contributed by atoms with Gasteiger partial charge in [-0.05, 0) is 48.2 Å². The van der Waals surface area contributed by atoms with Crippen molar-refractivity contribution in [3.8, 4) is 0 Å². The molecule has 1 atom stereocenters. The van der Waals surface area contributed by atoms with Crippen LogP contribution in [0.5, 0.6) is 0 Å². The highest BCUT2D eigenvalue weighted by Crippen LogP contribution is 2.40. The molecule has 1 amide bonds. The van der Waals surface area contributed by atoms with Crippen LogP contribution in [-0.4, -0.2) is 64.7 Å². The highest BCUT2D eigenvalue weighted by Gasteiger charge is 2.42. The number of aryl methyl sites for hydroxylation is 2. The number of carbonyl (C=O) groups is 1. The Morgan fingerprint density at radius 2 is 1.74 bits per heavy atom. The lowest BCUT2D eigenvalue weighted by molar-refractivity contribution is -0.330. The monoisotopic (exact) mass is 504 g/mol. The largest absolute Gasteiger partial charge is 0.441 e. The van der Waals surface area contributed by atoms with Crippen LogP contribution in [-0.2, 0) is 40.8 Å². The number of cyclic esters (lactones) is 1. The average molecular weight is 505 g/mol. The van der Waals surface area contributed by atoms with E-state index in [0.717, 1.165) is 41.7 Å². The van der Waals surface area contributed by atoms with Gasteiger partial charge in [0.15, 0.2) is 0 Å². The molecule has 2 saturated heterocycles. The lowest BCUT2D eigenvalue weighted by Crippen LogP contribution is -2.58. The molecule has 2 fully saturated rings. The van der Waals surface area contributed by atoms with E-state index < -0.39 is 22.3 Å². The molecule has 9 nitrogen and oxygen atoms in total. The van der Waals surface area contributed by atoms with Crippen LogP contribution in [0.25, 0.3) is 0 Å². The topological polar surface area (TPSA) is 94.6 Å². The van der Waals surface area contributed by atoms with Crippen LogP contribution in [0.15, 0.2) is 42.5 Å². The predicted octanol–water partition coefficient (Wildman–Crippen LogP) is 3.28. The number of amides is 1. The molecule has 2 aliphatic rings. The summed E-state index contributed by atoms with van der Waals surface area (Å²) in [7, 11) is -3.60. The van der Waals surface area contributed by atoms with Gasteiger partial charge in [-0.25, -0.2) is 14.6 Å². The zero-order valence-corrected chi connectivity index (χ0v) is 21.3. The molecule has 0 bridgehead atoms. The second kappa shape index (κ2) is 10.2. The van der Waals surface area contributed by atoms with Crippen LogP contribution >= 0.6 is 0 Å². The molecule has 2 heterocycles. The highest BCUT2D eigenvalue weighted by molar-refractivity contribution is 7.85. The molecule has 0 unspecified atom stereocenters. The van der Waals surface area contributed by atoms with Gasteiger partial charge in [0.05, 0.1) is 12.8 Å². The summed E-state index contributed by atoms with van der Waals surface area (Å²) < 4.78 is 32.6. The third-order valence-corrected chi connectivity index (χ3v) is 6.87. The Bertz CT molecular complexity index is 1140. The number of hydrogen-bond donors (Lipinski definition) is 0. The number of carbonyl (C=O) groups excluding carboxylic acids is 1. The van der Waals surface area contributed by atoms with E-state index in [2.05, 4.69) is 11.8 Å². The van der Waals surface area contributed by atoms with E-state index in [1.807, 2.05) is 56.3 Å². The van der Waals surface area contributed by atoms with E-state index in [-0.39, 0.29) is 18.6 Å². The van der Waals surface area contributed by atoms with Crippen LogP contribution in [0.2, 0.25) is 0 Å². The molecule has 0 radical (unpaired) electrons. The van der Waals surface area contributed by atoms with Crippen molar-refractivity contribution < 1.29 is 31.9 Å². The van der Waals surface area contributed by atoms with Crippen molar-refractivity contribution in [1.29, 1.82) is 0 Å². The fourth-order valence-corrected chi connectivity index (χ4v) is 5.45. The number of hydrogen-bond acceptors (Lipinski definition) is 8. The SMILES string of the molecule is Cc1cc(N2C[C@H](COS(C)(=O)=O)OC2=O)cc(C)c1C1(C)CN(COOCc2ccccc2)C1. The maximum absolute atomic E-state index is 12.4. The van der Waals surface area contributed by atoms with Gasteiger partial charge in [-0.3, -0.25) is 14.0 Å². The second-order valence-corrected chi connectivity index (χ2v) is 11.2. The second-order valence-electron chi connectivity index (χ2n) is 9.60. The molecule has 2 aromatic rings. The zero-order chi connectivity index (χ0) is 25.2. The van der Waals surface area contributed by atoms with Gasteiger partial charge in [0.1, 0.15) is 26.0 Å². The molecule has 0 spiro atoms. The Hall–Kier alpha value is -2.50. The number of anilines is 1.